The fraction of sp³-hybridized carbons (Fsp3) is 0.429. The molecule has 0 aliphatic carbocycles. The van der Waals surface area contributed by atoms with Crippen molar-refractivity contribution in [1.29, 1.82) is 0 Å². The smallest absolute Gasteiger partial charge is 0.433 e. The van der Waals surface area contributed by atoms with Gasteiger partial charge in [0.05, 0.1) is 19.3 Å². The van der Waals surface area contributed by atoms with Crippen molar-refractivity contribution in [2.45, 2.75) is 12.8 Å². The van der Waals surface area contributed by atoms with Gasteiger partial charge in [0.2, 0.25) is 5.88 Å². The van der Waals surface area contributed by atoms with Gasteiger partial charge in [-0.3, -0.25) is 0 Å². The highest BCUT2D eigenvalue weighted by Gasteiger charge is 2.36. The molecule has 0 aliphatic rings. The van der Waals surface area contributed by atoms with Gasteiger partial charge in [-0.15, -0.1) is 0 Å². The predicted molar refractivity (Wildman–Crippen MR) is 39.5 cm³/mol. The number of hydrogen-bond acceptors (Lipinski definition) is 4. The molecule has 0 atom stereocenters. The lowest BCUT2D eigenvalue weighted by Gasteiger charge is -2.11. The van der Waals surface area contributed by atoms with Crippen LogP contribution in [0.2, 0.25) is 0 Å². The van der Waals surface area contributed by atoms with Gasteiger partial charge in [-0.1, -0.05) is 0 Å². The number of rotatable bonds is 2. The van der Waals surface area contributed by atoms with Crippen LogP contribution in [-0.4, -0.2) is 22.2 Å². The van der Waals surface area contributed by atoms with Gasteiger partial charge < -0.3 is 9.84 Å². The van der Waals surface area contributed by atoms with E-state index in [4.69, 9.17) is 5.11 Å². The van der Waals surface area contributed by atoms with Crippen LogP contribution in [0.25, 0.3) is 0 Å². The van der Waals surface area contributed by atoms with E-state index in [1.54, 1.807) is 0 Å². The Bertz CT molecular complexity index is 327. The molecule has 1 rings (SSSR count). The molecule has 0 aliphatic heterocycles. The molecular weight excluding hydrogens is 201 g/mol. The van der Waals surface area contributed by atoms with Crippen molar-refractivity contribution in [3.8, 4) is 5.88 Å². The van der Waals surface area contributed by atoms with Gasteiger partial charge >= 0.3 is 6.18 Å². The lowest BCUT2D eigenvalue weighted by atomic mass is 10.2. The average Bonchev–Trinajstić information content (AvgIpc) is 2.15. The zero-order chi connectivity index (χ0) is 10.8. The number of aromatic nitrogens is 2. The summed E-state index contributed by atoms with van der Waals surface area (Å²) in [5.74, 6) is -0.269. The largest absolute Gasteiger partial charge is 0.481 e. The predicted octanol–water partition coefficient (Wildman–Crippen LogP) is 0.996. The van der Waals surface area contributed by atoms with Crippen LogP contribution in [0.1, 0.15) is 11.3 Å². The second-order valence-electron chi connectivity index (χ2n) is 2.37. The molecule has 4 nitrogen and oxygen atoms in total. The lowest BCUT2D eigenvalue weighted by molar-refractivity contribution is -0.142. The Labute approximate surface area is 77.4 Å². The van der Waals surface area contributed by atoms with E-state index < -0.39 is 24.0 Å². The normalized spacial score (nSPS) is 11.5. The molecule has 0 fully saturated rings. The third-order valence-corrected chi connectivity index (χ3v) is 1.53. The average molecular weight is 208 g/mol. The van der Waals surface area contributed by atoms with Gasteiger partial charge in [-0.05, 0) is 0 Å². The zero-order valence-corrected chi connectivity index (χ0v) is 7.17. The Morgan fingerprint density at radius 3 is 2.50 bits per heavy atom. The Hall–Kier alpha value is -1.37. The van der Waals surface area contributed by atoms with Crippen LogP contribution in [0, 0.1) is 0 Å². The number of halogens is 3. The number of hydrogen-bond donors (Lipinski definition) is 1. The van der Waals surface area contributed by atoms with Gasteiger partial charge in [0.25, 0.3) is 0 Å². The fourth-order valence-corrected chi connectivity index (χ4v) is 0.959. The Balaban J connectivity index is 3.29. The minimum atomic E-state index is -4.62. The van der Waals surface area contributed by atoms with Crippen LogP contribution in [0.3, 0.4) is 0 Å². The molecule has 1 aromatic rings. The fourth-order valence-electron chi connectivity index (χ4n) is 0.959. The van der Waals surface area contributed by atoms with E-state index in [1.807, 2.05) is 0 Å². The van der Waals surface area contributed by atoms with Crippen molar-refractivity contribution in [3.05, 3.63) is 17.6 Å². The van der Waals surface area contributed by atoms with Crippen molar-refractivity contribution in [1.82, 2.24) is 9.97 Å². The van der Waals surface area contributed by atoms with E-state index in [1.165, 1.54) is 7.11 Å². The number of aliphatic hydroxyl groups is 1. The van der Waals surface area contributed by atoms with E-state index >= 15 is 0 Å². The number of methoxy groups -OCH3 is 1. The van der Waals surface area contributed by atoms with E-state index in [-0.39, 0.29) is 5.88 Å². The second-order valence-corrected chi connectivity index (χ2v) is 2.37. The molecule has 0 saturated carbocycles. The van der Waals surface area contributed by atoms with E-state index in [0.29, 0.717) is 0 Å². The van der Waals surface area contributed by atoms with Crippen molar-refractivity contribution in [2.24, 2.45) is 0 Å². The summed E-state index contributed by atoms with van der Waals surface area (Å²) in [5.41, 5.74) is -1.63. The standard InChI is InChI=1S/C7H7F3N2O2/c1-14-6-4(2-13)5(7(8,9)10)11-3-12-6/h3,13H,2H2,1H3. The summed E-state index contributed by atoms with van der Waals surface area (Å²) < 4.78 is 41.4. The molecule has 0 spiro atoms. The molecule has 0 saturated heterocycles. The Kier molecular flexibility index (Phi) is 2.90. The number of nitrogens with zero attached hydrogens (tertiary/aromatic N) is 2. The maximum atomic E-state index is 12.3. The first-order valence-corrected chi connectivity index (χ1v) is 3.56. The monoisotopic (exact) mass is 208 g/mol. The third kappa shape index (κ3) is 1.92. The van der Waals surface area contributed by atoms with Gasteiger partial charge in [0.15, 0.2) is 5.69 Å². The van der Waals surface area contributed by atoms with Crippen LogP contribution < -0.4 is 4.74 Å². The zero-order valence-electron chi connectivity index (χ0n) is 7.17. The molecule has 0 amide bonds. The lowest BCUT2D eigenvalue weighted by Crippen LogP contribution is -2.13. The molecule has 7 heteroatoms. The van der Waals surface area contributed by atoms with Crippen LogP contribution >= 0.6 is 0 Å². The molecule has 0 radical (unpaired) electrons. The van der Waals surface area contributed by atoms with E-state index in [0.717, 1.165) is 6.33 Å². The molecule has 0 bridgehead atoms. The highest BCUT2D eigenvalue weighted by molar-refractivity contribution is 5.30. The van der Waals surface area contributed by atoms with Crippen LogP contribution in [0.5, 0.6) is 5.88 Å². The van der Waals surface area contributed by atoms with Crippen molar-refractivity contribution >= 4 is 0 Å². The van der Waals surface area contributed by atoms with Gasteiger partial charge in [-0.25, -0.2) is 9.97 Å². The van der Waals surface area contributed by atoms with Gasteiger partial charge in [0, 0.05) is 0 Å². The molecule has 0 unspecified atom stereocenters. The summed E-state index contributed by atoms with van der Waals surface area (Å²) in [4.78, 5) is 6.50. The van der Waals surface area contributed by atoms with Gasteiger partial charge in [0.1, 0.15) is 6.33 Å². The topological polar surface area (TPSA) is 55.2 Å². The molecule has 14 heavy (non-hydrogen) atoms. The molecule has 1 N–H and O–H groups in total. The maximum Gasteiger partial charge on any atom is 0.433 e. The molecule has 0 aromatic carbocycles. The summed E-state index contributed by atoms with van der Waals surface area (Å²) in [5, 5.41) is 8.73. The third-order valence-electron chi connectivity index (χ3n) is 1.53. The summed E-state index contributed by atoms with van der Waals surface area (Å²) in [6, 6.07) is 0. The van der Waals surface area contributed by atoms with Crippen molar-refractivity contribution < 1.29 is 23.0 Å². The van der Waals surface area contributed by atoms with Crippen LogP contribution in [0.15, 0.2) is 6.33 Å². The summed E-state index contributed by atoms with van der Waals surface area (Å²) in [6.07, 6.45) is -3.88. The van der Waals surface area contributed by atoms with E-state index in [9.17, 15) is 13.2 Å². The van der Waals surface area contributed by atoms with Crippen molar-refractivity contribution in [2.75, 3.05) is 7.11 Å². The van der Waals surface area contributed by atoms with Gasteiger partial charge in [-0.2, -0.15) is 13.2 Å². The van der Waals surface area contributed by atoms with Crippen LogP contribution in [0.4, 0.5) is 13.2 Å². The summed E-state index contributed by atoms with van der Waals surface area (Å²) in [6.45, 7) is -0.821. The summed E-state index contributed by atoms with van der Waals surface area (Å²) in [7, 11) is 1.17. The Morgan fingerprint density at radius 2 is 2.07 bits per heavy atom. The molecule has 78 valence electrons. The Morgan fingerprint density at radius 1 is 1.43 bits per heavy atom. The minimum absolute atomic E-state index is 0.269. The number of aliphatic hydroxyl groups excluding tert-OH is 1. The molecule has 1 heterocycles. The van der Waals surface area contributed by atoms with Crippen molar-refractivity contribution in [3.63, 3.8) is 0 Å². The second kappa shape index (κ2) is 3.79. The molecule has 1 aromatic heterocycles. The minimum Gasteiger partial charge on any atom is -0.481 e. The first kappa shape index (κ1) is 10.7. The summed E-state index contributed by atoms with van der Waals surface area (Å²) >= 11 is 0. The highest BCUT2D eigenvalue weighted by Crippen LogP contribution is 2.32. The first-order valence-electron chi connectivity index (χ1n) is 3.56. The maximum absolute atomic E-state index is 12.3. The van der Waals surface area contributed by atoms with Crippen LogP contribution in [-0.2, 0) is 12.8 Å². The first-order chi connectivity index (χ1) is 6.50. The highest BCUT2D eigenvalue weighted by atomic mass is 19.4. The quantitative estimate of drug-likeness (QED) is 0.787. The van der Waals surface area contributed by atoms with E-state index in [2.05, 4.69) is 14.7 Å². The molecular formula is C7H7F3N2O2. The number of ether oxygens (including phenoxy) is 1. The SMILES string of the molecule is COc1ncnc(C(F)(F)F)c1CO. The number of alkyl halides is 3.